The van der Waals surface area contributed by atoms with E-state index < -0.39 is 0 Å². The highest BCUT2D eigenvalue weighted by Gasteiger charge is 2.01. The molecule has 0 aliphatic carbocycles. The van der Waals surface area contributed by atoms with Crippen molar-refractivity contribution in [1.29, 1.82) is 0 Å². The molecule has 0 fully saturated rings. The minimum atomic E-state index is 0.408. The number of phenols is 1. The fraction of sp³-hybridized carbons (Fsp3) is 0.158. The lowest BCUT2D eigenvalue weighted by Crippen LogP contribution is -1.90. The van der Waals surface area contributed by atoms with Crippen molar-refractivity contribution in [2.75, 3.05) is 0 Å². The molecule has 0 amide bonds. The van der Waals surface area contributed by atoms with Crippen LogP contribution in [-0.2, 0) is 12.8 Å². The summed E-state index contributed by atoms with van der Waals surface area (Å²) < 4.78 is 0. The van der Waals surface area contributed by atoms with E-state index in [1.807, 2.05) is 18.2 Å². The van der Waals surface area contributed by atoms with Gasteiger partial charge in [0, 0.05) is 0 Å². The normalized spacial score (nSPS) is 10.8. The molecule has 3 rings (SSSR count). The molecule has 0 bridgehead atoms. The molecule has 1 nitrogen and oxygen atoms in total. The minimum absolute atomic E-state index is 0.408. The second-order valence-corrected chi connectivity index (χ2v) is 5.16. The number of fused-ring (bicyclic) bond motifs is 1. The molecule has 3 aromatic carbocycles. The summed E-state index contributed by atoms with van der Waals surface area (Å²) in [5, 5.41) is 12.3. The fourth-order valence-corrected chi connectivity index (χ4v) is 2.60. The van der Waals surface area contributed by atoms with E-state index in [1.54, 1.807) is 6.07 Å². The zero-order valence-corrected chi connectivity index (χ0v) is 11.4. The quantitative estimate of drug-likeness (QED) is 0.721. The maximum absolute atomic E-state index is 9.75. The van der Waals surface area contributed by atoms with Gasteiger partial charge in [0.1, 0.15) is 5.75 Å². The van der Waals surface area contributed by atoms with Gasteiger partial charge >= 0.3 is 0 Å². The summed E-state index contributed by atoms with van der Waals surface area (Å²) >= 11 is 0. The van der Waals surface area contributed by atoms with Crippen LogP contribution in [0.4, 0.5) is 0 Å². The van der Waals surface area contributed by atoms with Crippen LogP contribution in [0.15, 0.2) is 66.7 Å². The Kier molecular flexibility index (Phi) is 3.69. The third-order valence-electron chi connectivity index (χ3n) is 3.72. The van der Waals surface area contributed by atoms with Crippen molar-refractivity contribution in [1.82, 2.24) is 0 Å². The van der Waals surface area contributed by atoms with Gasteiger partial charge in [0.2, 0.25) is 0 Å². The first kappa shape index (κ1) is 12.7. The molecule has 1 N–H and O–H groups in total. The molecular weight excluding hydrogens is 244 g/mol. The van der Waals surface area contributed by atoms with Crippen LogP contribution in [0.3, 0.4) is 0 Å². The molecule has 100 valence electrons. The van der Waals surface area contributed by atoms with Crippen LogP contribution in [0.2, 0.25) is 0 Å². The fourth-order valence-electron chi connectivity index (χ4n) is 2.60. The predicted octanol–water partition coefficient (Wildman–Crippen LogP) is 4.72. The second kappa shape index (κ2) is 5.79. The van der Waals surface area contributed by atoms with Gasteiger partial charge in [-0.25, -0.2) is 0 Å². The standard InChI is InChI=1S/C19H18O/c20-19-11-4-3-8-17(19)10-5-6-15-12-13-16-7-1-2-9-18(16)14-15/h1-4,7-9,11-14,20H,5-6,10H2. The first-order valence-corrected chi connectivity index (χ1v) is 7.07. The molecule has 0 aliphatic rings. The number of aromatic hydroxyl groups is 1. The topological polar surface area (TPSA) is 20.2 Å². The van der Waals surface area contributed by atoms with Crippen molar-refractivity contribution in [3.8, 4) is 5.75 Å². The Bertz CT molecular complexity index is 716. The SMILES string of the molecule is Oc1ccccc1CCCc1ccc2ccccc2c1. The van der Waals surface area contributed by atoms with Crippen molar-refractivity contribution in [2.24, 2.45) is 0 Å². The summed E-state index contributed by atoms with van der Waals surface area (Å²) in [6.07, 6.45) is 3.01. The van der Waals surface area contributed by atoms with Gasteiger partial charge in [-0.3, -0.25) is 0 Å². The Morgan fingerprint density at radius 3 is 2.30 bits per heavy atom. The zero-order chi connectivity index (χ0) is 13.8. The van der Waals surface area contributed by atoms with Gasteiger partial charge in [-0.15, -0.1) is 0 Å². The van der Waals surface area contributed by atoms with Gasteiger partial charge < -0.3 is 5.11 Å². The van der Waals surface area contributed by atoms with E-state index in [1.165, 1.54) is 16.3 Å². The highest BCUT2D eigenvalue weighted by atomic mass is 16.3. The minimum Gasteiger partial charge on any atom is -0.508 e. The molecule has 0 unspecified atom stereocenters. The number of benzene rings is 3. The molecule has 0 saturated carbocycles. The Hall–Kier alpha value is -2.28. The lowest BCUT2D eigenvalue weighted by molar-refractivity contribution is 0.467. The van der Waals surface area contributed by atoms with E-state index in [-0.39, 0.29) is 0 Å². The van der Waals surface area contributed by atoms with Crippen LogP contribution in [0.5, 0.6) is 5.75 Å². The van der Waals surface area contributed by atoms with Gasteiger partial charge in [-0.05, 0) is 47.2 Å². The van der Waals surface area contributed by atoms with Crippen molar-refractivity contribution in [2.45, 2.75) is 19.3 Å². The maximum atomic E-state index is 9.75. The molecule has 0 spiro atoms. The average Bonchev–Trinajstić information content (AvgIpc) is 2.49. The molecule has 0 radical (unpaired) electrons. The monoisotopic (exact) mass is 262 g/mol. The van der Waals surface area contributed by atoms with E-state index in [0.717, 1.165) is 24.8 Å². The first-order valence-electron chi connectivity index (χ1n) is 7.07. The van der Waals surface area contributed by atoms with Crippen LogP contribution in [0.25, 0.3) is 10.8 Å². The molecule has 0 aliphatic heterocycles. The number of hydrogen-bond donors (Lipinski definition) is 1. The largest absolute Gasteiger partial charge is 0.508 e. The number of phenolic OH excluding ortho intramolecular Hbond substituents is 1. The van der Waals surface area contributed by atoms with Gasteiger partial charge in [-0.1, -0.05) is 60.7 Å². The van der Waals surface area contributed by atoms with Crippen LogP contribution in [0, 0.1) is 0 Å². The summed E-state index contributed by atoms with van der Waals surface area (Å²) in [7, 11) is 0. The highest BCUT2D eigenvalue weighted by molar-refractivity contribution is 5.82. The number of para-hydroxylation sites is 1. The Labute approximate surface area is 119 Å². The van der Waals surface area contributed by atoms with Gasteiger partial charge in [0.05, 0.1) is 0 Å². The zero-order valence-electron chi connectivity index (χ0n) is 11.4. The van der Waals surface area contributed by atoms with Gasteiger partial charge in [0.25, 0.3) is 0 Å². The maximum Gasteiger partial charge on any atom is 0.118 e. The Balaban J connectivity index is 1.67. The predicted molar refractivity (Wildman–Crippen MR) is 84.1 cm³/mol. The van der Waals surface area contributed by atoms with E-state index in [2.05, 4.69) is 42.5 Å². The van der Waals surface area contributed by atoms with Crippen molar-refractivity contribution >= 4 is 10.8 Å². The molecule has 0 saturated heterocycles. The van der Waals surface area contributed by atoms with E-state index in [4.69, 9.17) is 0 Å². The second-order valence-electron chi connectivity index (χ2n) is 5.16. The molecule has 0 atom stereocenters. The van der Waals surface area contributed by atoms with Crippen molar-refractivity contribution in [3.63, 3.8) is 0 Å². The van der Waals surface area contributed by atoms with Crippen LogP contribution < -0.4 is 0 Å². The van der Waals surface area contributed by atoms with E-state index in [9.17, 15) is 5.11 Å². The lowest BCUT2D eigenvalue weighted by Gasteiger charge is -2.06. The molecule has 3 aromatic rings. The van der Waals surface area contributed by atoms with E-state index >= 15 is 0 Å². The third kappa shape index (κ3) is 2.83. The van der Waals surface area contributed by atoms with Gasteiger partial charge in [-0.2, -0.15) is 0 Å². The number of hydrogen-bond acceptors (Lipinski definition) is 1. The molecule has 1 heteroatoms. The number of aryl methyl sites for hydroxylation is 2. The summed E-state index contributed by atoms with van der Waals surface area (Å²) in [5.41, 5.74) is 2.40. The Morgan fingerprint density at radius 2 is 1.45 bits per heavy atom. The summed E-state index contributed by atoms with van der Waals surface area (Å²) in [4.78, 5) is 0. The molecule has 0 aromatic heterocycles. The lowest BCUT2D eigenvalue weighted by atomic mass is 10.0. The molecular formula is C19H18O. The average molecular weight is 262 g/mol. The summed E-state index contributed by atoms with van der Waals surface area (Å²) in [6, 6.07) is 22.7. The van der Waals surface area contributed by atoms with E-state index in [0.29, 0.717) is 5.75 Å². The number of rotatable bonds is 4. The molecule has 20 heavy (non-hydrogen) atoms. The van der Waals surface area contributed by atoms with Crippen LogP contribution >= 0.6 is 0 Å². The third-order valence-corrected chi connectivity index (χ3v) is 3.72. The smallest absolute Gasteiger partial charge is 0.118 e. The van der Waals surface area contributed by atoms with Crippen molar-refractivity contribution < 1.29 is 5.11 Å². The first-order chi connectivity index (χ1) is 9.83. The van der Waals surface area contributed by atoms with Crippen LogP contribution in [0.1, 0.15) is 17.5 Å². The summed E-state index contributed by atoms with van der Waals surface area (Å²) in [6.45, 7) is 0. The van der Waals surface area contributed by atoms with Gasteiger partial charge in [0.15, 0.2) is 0 Å². The van der Waals surface area contributed by atoms with Crippen LogP contribution in [-0.4, -0.2) is 5.11 Å². The highest BCUT2D eigenvalue weighted by Crippen LogP contribution is 2.20. The molecule has 0 heterocycles. The summed E-state index contributed by atoms with van der Waals surface area (Å²) in [5.74, 6) is 0.408. The van der Waals surface area contributed by atoms with Crippen molar-refractivity contribution in [3.05, 3.63) is 77.9 Å². The Morgan fingerprint density at radius 1 is 0.700 bits per heavy atom.